The molecule has 0 saturated carbocycles. The van der Waals surface area contributed by atoms with Gasteiger partial charge in [-0.1, -0.05) is 19.9 Å². The molecule has 0 saturated heterocycles. The van der Waals surface area contributed by atoms with Crippen LogP contribution in [-0.2, 0) is 16.0 Å². The second-order valence-electron chi connectivity index (χ2n) is 7.92. The normalized spacial score (nSPS) is 17.4. The van der Waals surface area contributed by atoms with Crippen molar-refractivity contribution in [2.75, 3.05) is 14.2 Å². The number of aryl methyl sites for hydroxylation is 1. The quantitative estimate of drug-likeness (QED) is 0.590. The van der Waals surface area contributed by atoms with Gasteiger partial charge in [0.2, 0.25) is 0 Å². The highest BCUT2D eigenvalue weighted by Crippen LogP contribution is 2.42. The summed E-state index contributed by atoms with van der Waals surface area (Å²) < 4.78 is 15.6. The Hall–Kier alpha value is -2.89. The molecule has 6 nitrogen and oxygen atoms in total. The van der Waals surface area contributed by atoms with Gasteiger partial charge in [0.1, 0.15) is 17.1 Å². The monoisotopic (exact) mass is 383 g/mol. The number of aromatic nitrogens is 1. The van der Waals surface area contributed by atoms with Crippen LogP contribution in [0.3, 0.4) is 0 Å². The van der Waals surface area contributed by atoms with Crippen molar-refractivity contribution in [1.29, 1.82) is 0 Å². The fourth-order valence-corrected chi connectivity index (χ4v) is 3.67. The van der Waals surface area contributed by atoms with Crippen LogP contribution in [0.5, 0.6) is 11.5 Å². The minimum Gasteiger partial charge on any atom is -0.496 e. The second-order valence-corrected chi connectivity index (χ2v) is 7.92. The summed E-state index contributed by atoms with van der Waals surface area (Å²) in [5.41, 5.74) is 3.12. The number of pyridine rings is 1. The first-order valence-electron chi connectivity index (χ1n) is 9.17. The molecule has 0 bridgehead atoms. The molecular formula is C22H25NO5. The van der Waals surface area contributed by atoms with Crippen LogP contribution in [0.15, 0.2) is 30.5 Å². The van der Waals surface area contributed by atoms with Crippen molar-refractivity contribution in [3.8, 4) is 11.5 Å². The number of benzene rings is 1. The van der Waals surface area contributed by atoms with E-state index in [1.54, 1.807) is 6.07 Å². The lowest BCUT2D eigenvalue weighted by Gasteiger charge is -2.35. The predicted molar refractivity (Wildman–Crippen MR) is 104 cm³/mol. The Balaban J connectivity index is 1.89. The molecule has 2 aromatic rings. The molecule has 1 aliphatic rings. The summed E-state index contributed by atoms with van der Waals surface area (Å²) >= 11 is 0. The number of ether oxygens (including phenoxy) is 3. The van der Waals surface area contributed by atoms with Gasteiger partial charge < -0.3 is 14.2 Å². The Morgan fingerprint density at radius 1 is 1.18 bits per heavy atom. The molecule has 0 amide bonds. The first kappa shape index (κ1) is 19.9. The van der Waals surface area contributed by atoms with Crippen molar-refractivity contribution in [3.63, 3.8) is 0 Å². The zero-order valence-corrected chi connectivity index (χ0v) is 16.9. The van der Waals surface area contributed by atoms with Gasteiger partial charge in [0, 0.05) is 18.0 Å². The van der Waals surface area contributed by atoms with Gasteiger partial charge in [-0.05, 0) is 48.4 Å². The van der Waals surface area contributed by atoms with E-state index in [0.717, 1.165) is 23.2 Å². The van der Waals surface area contributed by atoms with Crippen LogP contribution in [-0.4, -0.2) is 31.1 Å². The molecule has 1 aromatic heterocycles. The van der Waals surface area contributed by atoms with Gasteiger partial charge in [-0.15, -0.1) is 0 Å². The molecule has 1 aromatic carbocycles. The maximum atomic E-state index is 13.0. The van der Waals surface area contributed by atoms with Crippen LogP contribution < -0.4 is 9.47 Å². The van der Waals surface area contributed by atoms with Crippen molar-refractivity contribution in [2.24, 2.45) is 5.41 Å². The van der Waals surface area contributed by atoms with Crippen LogP contribution in [0.2, 0.25) is 0 Å². The van der Waals surface area contributed by atoms with E-state index in [-0.39, 0.29) is 16.9 Å². The highest BCUT2D eigenvalue weighted by atomic mass is 16.5. The van der Waals surface area contributed by atoms with Crippen LogP contribution in [0.25, 0.3) is 0 Å². The maximum absolute atomic E-state index is 13.0. The molecular weight excluding hydrogens is 358 g/mol. The van der Waals surface area contributed by atoms with Gasteiger partial charge in [0.15, 0.2) is 0 Å². The van der Waals surface area contributed by atoms with Gasteiger partial charge in [0.25, 0.3) is 0 Å². The summed E-state index contributed by atoms with van der Waals surface area (Å²) in [6.07, 6.45) is 3.34. The lowest BCUT2D eigenvalue weighted by Crippen LogP contribution is -2.32. The predicted octanol–water partition coefficient (Wildman–Crippen LogP) is 3.85. The number of rotatable bonds is 4. The molecule has 0 aliphatic heterocycles. The average Bonchev–Trinajstić information content (AvgIpc) is 2.66. The van der Waals surface area contributed by atoms with Gasteiger partial charge in [-0.2, -0.15) is 0 Å². The molecule has 0 fully saturated rings. The topological polar surface area (TPSA) is 74.7 Å². The maximum Gasteiger partial charge on any atom is 0.341 e. The van der Waals surface area contributed by atoms with E-state index < -0.39 is 11.9 Å². The number of carbonyl (C=O) groups is 2. The molecule has 1 unspecified atom stereocenters. The van der Waals surface area contributed by atoms with E-state index in [2.05, 4.69) is 18.8 Å². The molecule has 1 aliphatic carbocycles. The second kappa shape index (κ2) is 7.62. The first-order valence-corrected chi connectivity index (χ1v) is 9.17. The lowest BCUT2D eigenvalue weighted by atomic mass is 9.70. The van der Waals surface area contributed by atoms with Crippen molar-refractivity contribution in [1.82, 2.24) is 4.98 Å². The number of carbonyl (C=O) groups excluding carboxylic acids is 2. The van der Waals surface area contributed by atoms with Crippen molar-refractivity contribution in [2.45, 2.75) is 39.5 Å². The molecule has 0 N–H and O–H groups in total. The van der Waals surface area contributed by atoms with E-state index in [4.69, 9.17) is 14.2 Å². The van der Waals surface area contributed by atoms with Gasteiger partial charge >= 0.3 is 11.9 Å². The minimum atomic E-state index is -0.515. The SMILES string of the molecule is COC(=O)c1ccc(OC(=O)C2CC(C)(C)Cc3ncc(C)cc32)cc1OC. The van der Waals surface area contributed by atoms with Gasteiger partial charge in [-0.3, -0.25) is 9.78 Å². The summed E-state index contributed by atoms with van der Waals surface area (Å²) in [7, 11) is 2.75. The summed E-state index contributed by atoms with van der Waals surface area (Å²) in [5, 5.41) is 0. The molecule has 6 heteroatoms. The van der Waals surface area contributed by atoms with Crippen molar-refractivity contribution < 1.29 is 23.8 Å². The summed E-state index contributed by atoms with van der Waals surface area (Å²) in [5.74, 6) is -0.634. The van der Waals surface area contributed by atoms with E-state index in [1.165, 1.54) is 26.4 Å². The third-order valence-electron chi connectivity index (χ3n) is 5.00. The summed E-state index contributed by atoms with van der Waals surface area (Å²) in [6.45, 7) is 6.23. The summed E-state index contributed by atoms with van der Waals surface area (Å²) in [4.78, 5) is 29.4. The van der Waals surface area contributed by atoms with Crippen LogP contribution >= 0.6 is 0 Å². The molecule has 1 atom stereocenters. The Kier molecular flexibility index (Phi) is 5.40. The number of methoxy groups -OCH3 is 2. The van der Waals surface area contributed by atoms with E-state index in [1.807, 2.05) is 19.2 Å². The number of nitrogens with zero attached hydrogens (tertiary/aromatic N) is 1. The van der Waals surface area contributed by atoms with E-state index in [0.29, 0.717) is 17.9 Å². The Morgan fingerprint density at radius 2 is 1.93 bits per heavy atom. The van der Waals surface area contributed by atoms with E-state index in [9.17, 15) is 9.59 Å². The highest BCUT2D eigenvalue weighted by Gasteiger charge is 2.38. The molecule has 1 heterocycles. The van der Waals surface area contributed by atoms with Crippen LogP contribution in [0, 0.1) is 12.3 Å². The number of esters is 2. The Labute approximate surface area is 164 Å². The standard InChI is InChI=1S/C22H25NO5/c1-13-8-16-17(10-22(2,3)11-18(16)23-12-13)21(25)28-14-6-7-15(20(24)27-5)19(9-14)26-4/h6-9,12,17H,10-11H2,1-5H3. The van der Waals surface area contributed by atoms with Crippen LogP contribution in [0.4, 0.5) is 0 Å². The number of hydrogen-bond donors (Lipinski definition) is 0. The molecule has 28 heavy (non-hydrogen) atoms. The fraction of sp³-hybridized carbons (Fsp3) is 0.409. The molecule has 0 radical (unpaired) electrons. The lowest BCUT2D eigenvalue weighted by molar-refractivity contribution is -0.137. The first-order chi connectivity index (χ1) is 13.2. The minimum absolute atomic E-state index is 0.0502. The highest BCUT2D eigenvalue weighted by molar-refractivity contribution is 5.93. The number of hydrogen-bond acceptors (Lipinski definition) is 6. The van der Waals surface area contributed by atoms with Crippen LogP contribution in [0.1, 0.15) is 53.4 Å². The third-order valence-corrected chi connectivity index (χ3v) is 5.00. The third kappa shape index (κ3) is 4.01. The number of fused-ring (bicyclic) bond motifs is 1. The smallest absolute Gasteiger partial charge is 0.341 e. The zero-order valence-electron chi connectivity index (χ0n) is 16.9. The zero-order chi connectivity index (χ0) is 20.5. The molecule has 0 spiro atoms. The average molecular weight is 383 g/mol. The van der Waals surface area contributed by atoms with Crippen molar-refractivity contribution in [3.05, 3.63) is 52.8 Å². The van der Waals surface area contributed by atoms with Gasteiger partial charge in [-0.25, -0.2) is 4.79 Å². The van der Waals surface area contributed by atoms with E-state index >= 15 is 0 Å². The summed E-state index contributed by atoms with van der Waals surface area (Å²) in [6, 6.07) is 6.63. The molecule has 148 valence electrons. The Bertz CT molecular complexity index is 919. The largest absolute Gasteiger partial charge is 0.496 e. The van der Waals surface area contributed by atoms with Gasteiger partial charge in [0.05, 0.1) is 20.1 Å². The Morgan fingerprint density at radius 3 is 2.61 bits per heavy atom. The fourth-order valence-electron chi connectivity index (χ4n) is 3.67. The molecule has 3 rings (SSSR count). The van der Waals surface area contributed by atoms with Crippen molar-refractivity contribution >= 4 is 11.9 Å².